The van der Waals surface area contributed by atoms with Gasteiger partial charge in [0.15, 0.2) is 0 Å². The second-order valence-corrected chi connectivity index (χ2v) is 6.44. The molecule has 1 aromatic carbocycles. The van der Waals surface area contributed by atoms with Gasteiger partial charge in [0.05, 0.1) is 6.04 Å². The third kappa shape index (κ3) is 3.19. The van der Waals surface area contributed by atoms with Gasteiger partial charge in [0.2, 0.25) is 0 Å². The lowest BCUT2D eigenvalue weighted by atomic mass is 9.94. The fourth-order valence-corrected chi connectivity index (χ4v) is 3.66. The van der Waals surface area contributed by atoms with Crippen LogP contribution in [0.4, 0.5) is 0 Å². The molecule has 2 rings (SSSR count). The van der Waals surface area contributed by atoms with Crippen LogP contribution in [0.2, 0.25) is 5.02 Å². The zero-order valence-electron chi connectivity index (χ0n) is 12.8. The van der Waals surface area contributed by atoms with Crippen LogP contribution in [0.3, 0.4) is 0 Å². The molecule has 2 N–H and O–H groups in total. The highest BCUT2D eigenvalue weighted by molar-refractivity contribution is 6.30. The number of hydrogen-bond acceptors (Lipinski definition) is 2. The van der Waals surface area contributed by atoms with Gasteiger partial charge in [-0.2, -0.15) is 0 Å². The summed E-state index contributed by atoms with van der Waals surface area (Å²) in [5, 5.41) is 0.791. The predicted octanol–water partition coefficient (Wildman–Crippen LogP) is 4.38. The molecular formula is C17H27ClN2. The predicted molar refractivity (Wildman–Crippen MR) is 87.1 cm³/mol. The second kappa shape index (κ2) is 6.93. The van der Waals surface area contributed by atoms with Crippen molar-refractivity contribution in [2.24, 2.45) is 5.73 Å². The average molecular weight is 295 g/mol. The molecule has 4 unspecified atom stereocenters. The van der Waals surface area contributed by atoms with Gasteiger partial charge in [0, 0.05) is 23.1 Å². The lowest BCUT2D eigenvalue weighted by Gasteiger charge is -2.39. The van der Waals surface area contributed by atoms with Crippen LogP contribution in [-0.4, -0.2) is 23.0 Å². The van der Waals surface area contributed by atoms with E-state index in [0.29, 0.717) is 18.1 Å². The fourth-order valence-electron chi connectivity index (χ4n) is 3.53. The van der Waals surface area contributed by atoms with Crippen LogP contribution in [0.5, 0.6) is 0 Å². The zero-order valence-corrected chi connectivity index (χ0v) is 13.6. The smallest absolute Gasteiger partial charge is 0.0504 e. The molecule has 2 nitrogen and oxygen atoms in total. The second-order valence-electron chi connectivity index (χ2n) is 6.00. The molecule has 0 bridgehead atoms. The Labute approximate surface area is 128 Å². The van der Waals surface area contributed by atoms with Gasteiger partial charge in [-0.15, -0.1) is 0 Å². The van der Waals surface area contributed by atoms with Crippen molar-refractivity contribution in [1.82, 2.24) is 4.90 Å². The van der Waals surface area contributed by atoms with Crippen LogP contribution in [0, 0.1) is 0 Å². The third-order valence-electron chi connectivity index (χ3n) is 4.73. The Bertz CT molecular complexity index is 418. The molecule has 4 atom stereocenters. The maximum atomic E-state index is 6.47. The zero-order chi connectivity index (χ0) is 14.7. The molecule has 0 aromatic heterocycles. The summed E-state index contributed by atoms with van der Waals surface area (Å²) in [6, 6.07) is 9.98. The molecule has 1 saturated heterocycles. The number of rotatable bonds is 5. The molecule has 112 valence electrons. The maximum Gasteiger partial charge on any atom is 0.0504 e. The van der Waals surface area contributed by atoms with Gasteiger partial charge in [-0.1, -0.05) is 37.6 Å². The summed E-state index contributed by atoms with van der Waals surface area (Å²) >= 11 is 6.03. The molecular weight excluding hydrogens is 268 g/mol. The summed E-state index contributed by atoms with van der Waals surface area (Å²) in [6.07, 6.45) is 4.76. The summed E-state index contributed by atoms with van der Waals surface area (Å²) in [5.74, 6) is 0. The minimum absolute atomic E-state index is 0.172. The van der Waals surface area contributed by atoms with Crippen LogP contribution < -0.4 is 5.73 Å². The minimum atomic E-state index is 0.172. The van der Waals surface area contributed by atoms with Crippen molar-refractivity contribution < 1.29 is 0 Å². The van der Waals surface area contributed by atoms with Crippen LogP contribution >= 0.6 is 11.6 Å². The van der Waals surface area contributed by atoms with Crippen molar-refractivity contribution in [3.63, 3.8) is 0 Å². The lowest BCUT2D eigenvalue weighted by molar-refractivity contribution is 0.112. The van der Waals surface area contributed by atoms with Gasteiger partial charge in [-0.3, -0.25) is 4.90 Å². The van der Waals surface area contributed by atoms with Crippen LogP contribution in [-0.2, 0) is 0 Å². The van der Waals surface area contributed by atoms with Crippen LogP contribution in [0.1, 0.15) is 58.1 Å². The summed E-state index contributed by atoms with van der Waals surface area (Å²) in [7, 11) is 0. The highest BCUT2D eigenvalue weighted by Gasteiger charge is 2.37. The van der Waals surface area contributed by atoms with Gasteiger partial charge < -0.3 is 5.73 Å². The number of halogens is 1. The van der Waals surface area contributed by atoms with E-state index in [1.807, 2.05) is 12.1 Å². The van der Waals surface area contributed by atoms with Crippen molar-refractivity contribution >= 4 is 11.6 Å². The van der Waals surface area contributed by atoms with Crippen molar-refractivity contribution in [2.75, 3.05) is 0 Å². The molecule has 1 fully saturated rings. The molecule has 0 saturated carbocycles. The first-order valence-corrected chi connectivity index (χ1v) is 8.24. The first-order chi connectivity index (χ1) is 9.58. The van der Waals surface area contributed by atoms with Crippen molar-refractivity contribution in [3.05, 3.63) is 34.9 Å². The summed E-state index contributed by atoms with van der Waals surface area (Å²) in [4.78, 5) is 2.65. The van der Waals surface area contributed by atoms with E-state index in [4.69, 9.17) is 17.3 Å². The van der Waals surface area contributed by atoms with Gasteiger partial charge in [-0.05, 0) is 50.3 Å². The van der Waals surface area contributed by atoms with E-state index in [2.05, 4.69) is 37.8 Å². The molecule has 1 aromatic rings. The Morgan fingerprint density at radius 1 is 1.25 bits per heavy atom. The van der Waals surface area contributed by atoms with E-state index in [1.165, 1.54) is 24.8 Å². The van der Waals surface area contributed by atoms with Gasteiger partial charge in [-0.25, -0.2) is 0 Å². The Morgan fingerprint density at radius 3 is 2.45 bits per heavy atom. The summed E-state index contributed by atoms with van der Waals surface area (Å²) in [6.45, 7) is 6.79. The Balaban J connectivity index is 2.34. The van der Waals surface area contributed by atoms with Gasteiger partial charge in [0.1, 0.15) is 0 Å². The van der Waals surface area contributed by atoms with Crippen molar-refractivity contribution in [2.45, 2.75) is 70.6 Å². The number of hydrogen-bond donors (Lipinski definition) is 1. The molecule has 0 amide bonds. The molecule has 0 spiro atoms. The minimum Gasteiger partial charge on any atom is -0.326 e. The molecule has 0 radical (unpaired) electrons. The van der Waals surface area contributed by atoms with Crippen molar-refractivity contribution in [1.29, 1.82) is 0 Å². The Hall–Kier alpha value is -0.570. The standard InChI is InChI=1S/C17H27ClN2/c1-4-15-11-6-12(3)20(15)17(16(19)5-2)13-7-9-14(18)10-8-13/h7-10,12,15-17H,4-6,11,19H2,1-3H3. The molecule has 3 heteroatoms. The highest BCUT2D eigenvalue weighted by atomic mass is 35.5. The molecule has 1 aliphatic rings. The van der Waals surface area contributed by atoms with E-state index in [9.17, 15) is 0 Å². The SMILES string of the molecule is CCC(N)C(c1ccc(Cl)cc1)N1C(C)CCC1CC. The molecule has 0 aliphatic carbocycles. The van der Waals surface area contributed by atoms with Gasteiger partial charge in [0.25, 0.3) is 0 Å². The topological polar surface area (TPSA) is 29.3 Å². The normalized spacial score (nSPS) is 26.6. The molecule has 1 heterocycles. The van der Waals surface area contributed by atoms with E-state index < -0.39 is 0 Å². The van der Waals surface area contributed by atoms with Gasteiger partial charge >= 0.3 is 0 Å². The number of nitrogens with two attached hydrogens (primary N) is 1. The van der Waals surface area contributed by atoms with Crippen molar-refractivity contribution in [3.8, 4) is 0 Å². The average Bonchev–Trinajstić information content (AvgIpc) is 2.82. The van der Waals surface area contributed by atoms with E-state index in [-0.39, 0.29) is 6.04 Å². The summed E-state index contributed by atoms with van der Waals surface area (Å²) < 4.78 is 0. The number of benzene rings is 1. The van der Waals surface area contributed by atoms with E-state index in [0.717, 1.165) is 11.4 Å². The quantitative estimate of drug-likeness (QED) is 0.873. The third-order valence-corrected chi connectivity index (χ3v) is 4.98. The monoisotopic (exact) mass is 294 g/mol. The first kappa shape index (κ1) is 15.8. The Kier molecular flexibility index (Phi) is 5.48. The van der Waals surface area contributed by atoms with E-state index >= 15 is 0 Å². The van der Waals surface area contributed by atoms with Crippen LogP contribution in [0.25, 0.3) is 0 Å². The largest absolute Gasteiger partial charge is 0.326 e. The molecule has 1 aliphatic heterocycles. The number of likely N-dealkylation sites (tertiary alicyclic amines) is 1. The first-order valence-electron chi connectivity index (χ1n) is 7.86. The number of nitrogens with zero attached hydrogens (tertiary/aromatic N) is 1. The maximum absolute atomic E-state index is 6.47. The van der Waals surface area contributed by atoms with Crippen LogP contribution in [0.15, 0.2) is 24.3 Å². The lowest BCUT2D eigenvalue weighted by Crippen LogP contribution is -2.46. The fraction of sp³-hybridized carbons (Fsp3) is 0.647. The highest BCUT2D eigenvalue weighted by Crippen LogP contribution is 2.37. The molecule has 20 heavy (non-hydrogen) atoms. The summed E-state index contributed by atoms with van der Waals surface area (Å²) in [5.41, 5.74) is 7.77. The van der Waals surface area contributed by atoms with E-state index in [1.54, 1.807) is 0 Å². The Morgan fingerprint density at radius 2 is 1.90 bits per heavy atom.